The van der Waals surface area contributed by atoms with E-state index in [1.54, 1.807) is 0 Å². The van der Waals surface area contributed by atoms with E-state index < -0.39 is 0 Å². The van der Waals surface area contributed by atoms with Gasteiger partial charge in [-0.15, -0.1) is 0 Å². The van der Waals surface area contributed by atoms with E-state index in [1.165, 1.54) is 49.3 Å². The first kappa shape index (κ1) is 38.5. The molecule has 0 saturated heterocycles. The quantitative estimate of drug-likeness (QED) is 0.152. The summed E-state index contributed by atoms with van der Waals surface area (Å²) in [5, 5.41) is 7.18. The Labute approximate surface area is 388 Å². The zero-order chi connectivity index (χ0) is 44.3. The second kappa shape index (κ2) is 16.0. The van der Waals surface area contributed by atoms with Gasteiger partial charge < -0.3 is 13.9 Å². The molecule has 0 fully saturated rings. The third-order valence-corrected chi connectivity index (χ3v) is 13.4. The minimum absolute atomic E-state index is 0.898. The SMILES string of the molecule is c1cc(-c2ccccc2-c2ccccc2-n2c3ccccc3c3ccccc32)cc(N(c2ccc(-c3cccc4c3oc3ccccc34)cc2)c2ccccc2-c2cccc3ccccc23)c1. The van der Waals surface area contributed by atoms with Crippen molar-refractivity contribution in [3.63, 3.8) is 0 Å². The molecule has 67 heavy (non-hydrogen) atoms. The van der Waals surface area contributed by atoms with E-state index in [4.69, 9.17) is 4.42 Å². The minimum Gasteiger partial charge on any atom is -0.455 e. The van der Waals surface area contributed by atoms with Gasteiger partial charge in [0.15, 0.2) is 0 Å². The number of hydrogen-bond acceptors (Lipinski definition) is 2. The van der Waals surface area contributed by atoms with E-state index in [-0.39, 0.29) is 0 Å². The molecule has 13 aromatic rings. The zero-order valence-corrected chi connectivity index (χ0v) is 36.6. The molecule has 0 aliphatic heterocycles. The number of nitrogens with zero attached hydrogens (tertiary/aromatic N) is 2. The molecule has 3 nitrogen and oxygen atoms in total. The molecule has 11 aromatic carbocycles. The maximum atomic E-state index is 6.51. The van der Waals surface area contributed by atoms with Crippen LogP contribution in [0.2, 0.25) is 0 Å². The fraction of sp³-hybridized carbons (Fsp3) is 0. The zero-order valence-electron chi connectivity index (χ0n) is 36.6. The maximum absolute atomic E-state index is 6.51. The van der Waals surface area contributed by atoms with Crippen LogP contribution >= 0.6 is 0 Å². The van der Waals surface area contributed by atoms with Gasteiger partial charge in [-0.05, 0) is 93.2 Å². The second-order valence-electron chi connectivity index (χ2n) is 17.2. The topological polar surface area (TPSA) is 21.3 Å². The second-order valence-corrected chi connectivity index (χ2v) is 17.2. The van der Waals surface area contributed by atoms with E-state index in [0.717, 1.165) is 72.5 Å². The highest BCUT2D eigenvalue weighted by Gasteiger charge is 2.22. The lowest BCUT2D eigenvalue weighted by molar-refractivity contribution is 0.670. The number of rotatable bonds is 8. The third-order valence-electron chi connectivity index (χ3n) is 13.4. The Morgan fingerprint density at radius 2 is 0.866 bits per heavy atom. The van der Waals surface area contributed by atoms with Crippen LogP contribution < -0.4 is 4.90 Å². The van der Waals surface area contributed by atoms with Crippen molar-refractivity contribution in [2.45, 2.75) is 0 Å². The number of anilines is 3. The van der Waals surface area contributed by atoms with Gasteiger partial charge in [-0.2, -0.15) is 0 Å². The first-order chi connectivity index (χ1) is 33.3. The molecule has 0 atom stereocenters. The summed E-state index contributed by atoms with van der Waals surface area (Å²) >= 11 is 0. The van der Waals surface area contributed by atoms with Gasteiger partial charge in [0.05, 0.1) is 22.4 Å². The summed E-state index contributed by atoms with van der Waals surface area (Å²) in [6, 6.07) is 92.0. The predicted octanol–water partition coefficient (Wildman–Crippen LogP) is 18.0. The molecule has 0 spiro atoms. The van der Waals surface area contributed by atoms with Gasteiger partial charge in [0.2, 0.25) is 0 Å². The van der Waals surface area contributed by atoms with Gasteiger partial charge in [-0.3, -0.25) is 0 Å². The molecule has 314 valence electrons. The fourth-order valence-corrected chi connectivity index (χ4v) is 10.4. The van der Waals surface area contributed by atoms with Gasteiger partial charge >= 0.3 is 0 Å². The van der Waals surface area contributed by atoms with Crippen LogP contribution in [0.1, 0.15) is 0 Å². The Kier molecular flexibility index (Phi) is 9.17. The maximum Gasteiger partial charge on any atom is 0.143 e. The largest absolute Gasteiger partial charge is 0.455 e. The van der Waals surface area contributed by atoms with Crippen LogP contribution in [-0.2, 0) is 0 Å². The van der Waals surface area contributed by atoms with Crippen LogP contribution in [0.25, 0.3) is 105 Å². The van der Waals surface area contributed by atoms with Crippen molar-refractivity contribution in [1.29, 1.82) is 0 Å². The molecule has 0 amide bonds. The minimum atomic E-state index is 0.898. The first-order valence-electron chi connectivity index (χ1n) is 22.9. The lowest BCUT2D eigenvalue weighted by Crippen LogP contribution is -2.11. The average molecular weight is 855 g/mol. The summed E-state index contributed by atoms with van der Waals surface area (Å²) < 4.78 is 8.93. The van der Waals surface area contributed by atoms with Crippen molar-refractivity contribution in [2.75, 3.05) is 4.90 Å². The Morgan fingerprint density at radius 1 is 0.313 bits per heavy atom. The molecule has 0 unspecified atom stereocenters. The molecule has 0 N–H and O–H groups in total. The van der Waals surface area contributed by atoms with Crippen LogP contribution in [0, 0.1) is 0 Å². The van der Waals surface area contributed by atoms with E-state index >= 15 is 0 Å². The van der Waals surface area contributed by atoms with Crippen molar-refractivity contribution in [2.24, 2.45) is 0 Å². The molecule has 13 rings (SSSR count). The summed E-state index contributed by atoms with van der Waals surface area (Å²) in [5.41, 5.74) is 17.7. The number of furan rings is 1. The highest BCUT2D eigenvalue weighted by molar-refractivity contribution is 6.11. The van der Waals surface area contributed by atoms with Crippen LogP contribution in [0.4, 0.5) is 17.1 Å². The number of para-hydroxylation sites is 6. The standard InChI is InChI=1S/C64H42N2O/c1-2-22-48-43(18-1)19-16-31-52(48)53-25-5-10-33-59(53)65(46-40-38-44(39-41-46)50-30-17-32-58-57-29-9-14-37-63(57)67-64(50)58)47-21-15-20-45(42-47)49-23-3-4-24-51(49)54-26-6-11-34-60(54)66-61-35-12-7-27-55(61)56-28-8-13-36-62(56)66/h1-42H. The smallest absolute Gasteiger partial charge is 0.143 e. The summed E-state index contributed by atoms with van der Waals surface area (Å²) in [4.78, 5) is 2.42. The average Bonchev–Trinajstić information content (AvgIpc) is 3.95. The molecular weight excluding hydrogens is 813 g/mol. The molecule has 3 heteroatoms. The van der Waals surface area contributed by atoms with Crippen LogP contribution in [0.3, 0.4) is 0 Å². The van der Waals surface area contributed by atoms with Crippen LogP contribution in [0.15, 0.2) is 259 Å². The van der Waals surface area contributed by atoms with E-state index in [1.807, 2.05) is 12.1 Å². The lowest BCUT2D eigenvalue weighted by Gasteiger charge is -2.29. The van der Waals surface area contributed by atoms with Crippen molar-refractivity contribution in [1.82, 2.24) is 4.57 Å². The van der Waals surface area contributed by atoms with Crippen molar-refractivity contribution in [3.8, 4) is 50.2 Å². The Morgan fingerprint density at radius 3 is 1.67 bits per heavy atom. The number of fused-ring (bicyclic) bond motifs is 7. The highest BCUT2D eigenvalue weighted by Crippen LogP contribution is 2.46. The Hall–Kier alpha value is -8.92. The monoisotopic (exact) mass is 854 g/mol. The van der Waals surface area contributed by atoms with Gasteiger partial charge in [0.1, 0.15) is 11.2 Å². The molecule has 2 heterocycles. The first-order valence-corrected chi connectivity index (χ1v) is 22.9. The Bertz CT molecular complexity index is 3950. The predicted molar refractivity (Wildman–Crippen MR) is 282 cm³/mol. The number of aromatic nitrogens is 1. The van der Waals surface area contributed by atoms with Gasteiger partial charge in [0.25, 0.3) is 0 Å². The molecular formula is C64H42N2O. The molecule has 0 radical (unpaired) electrons. The number of benzene rings is 11. The van der Waals surface area contributed by atoms with Crippen LogP contribution in [0.5, 0.6) is 0 Å². The fourth-order valence-electron chi connectivity index (χ4n) is 10.4. The van der Waals surface area contributed by atoms with Gasteiger partial charge in [-0.1, -0.05) is 200 Å². The Balaban J connectivity index is 0.980. The summed E-state index contributed by atoms with van der Waals surface area (Å²) in [6.07, 6.45) is 0. The molecule has 0 aliphatic carbocycles. The van der Waals surface area contributed by atoms with E-state index in [9.17, 15) is 0 Å². The summed E-state index contributed by atoms with van der Waals surface area (Å²) in [5.74, 6) is 0. The number of hydrogen-bond donors (Lipinski definition) is 0. The molecule has 2 aromatic heterocycles. The summed E-state index contributed by atoms with van der Waals surface area (Å²) in [7, 11) is 0. The van der Waals surface area contributed by atoms with Gasteiger partial charge in [-0.25, -0.2) is 0 Å². The van der Waals surface area contributed by atoms with Crippen LogP contribution in [-0.4, -0.2) is 4.57 Å². The van der Waals surface area contributed by atoms with Gasteiger partial charge in [0, 0.05) is 49.6 Å². The third kappa shape index (κ3) is 6.43. The molecule has 0 aliphatic rings. The molecule has 0 bridgehead atoms. The van der Waals surface area contributed by atoms with Crippen molar-refractivity contribution < 1.29 is 4.42 Å². The molecule has 0 saturated carbocycles. The lowest BCUT2D eigenvalue weighted by atomic mass is 9.92. The van der Waals surface area contributed by atoms with E-state index in [2.05, 4.69) is 252 Å². The van der Waals surface area contributed by atoms with Crippen molar-refractivity contribution in [3.05, 3.63) is 255 Å². The van der Waals surface area contributed by atoms with Crippen molar-refractivity contribution >= 4 is 71.6 Å². The normalized spacial score (nSPS) is 11.6. The highest BCUT2D eigenvalue weighted by atomic mass is 16.3. The summed E-state index contributed by atoms with van der Waals surface area (Å²) in [6.45, 7) is 0. The van der Waals surface area contributed by atoms with E-state index in [0.29, 0.717) is 0 Å².